The predicted octanol–water partition coefficient (Wildman–Crippen LogP) is 5.10. The van der Waals surface area contributed by atoms with Gasteiger partial charge in [0.2, 0.25) is 17.6 Å². The first-order valence-corrected chi connectivity index (χ1v) is 22.1. The fourth-order valence-electron chi connectivity index (χ4n) is 9.64. The van der Waals surface area contributed by atoms with Crippen molar-refractivity contribution in [3.63, 3.8) is 0 Å². The van der Waals surface area contributed by atoms with Gasteiger partial charge in [-0.1, -0.05) is 76.9 Å². The van der Waals surface area contributed by atoms with Crippen molar-refractivity contribution in [2.75, 3.05) is 40.5 Å². The van der Waals surface area contributed by atoms with E-state index in [1.807, 2.05) is 6.07 Å². The Balaban J connectivity index is 1.12. The molecule has 3 fully saturated rings. The minimum absolute atomic E-state index is 0.0365. The van der Waals surface area contributed by atoms with Gasteiger partial charge in [-0.3, -0.25) is 19.2 Å². The van der Waals surface area contributed by atoms with Crippen LogP contribution in [0.25, 0.3) is 11.1 Å². The highest BCUT2D eigenvalue weighted by molar-refractivity contribution is 6.02. The van der Waals surface area contributed by atoms with Crippen LogP contribution in [-0.2, 0) is 51.0 Å². The standard InChI is InChI=1S/C47H58F2N4O12/c1-25(2)39(50-45(60)62-5)41(56)52-21-29(48)17-35(52)43(58)64-23-37(54)28-11-9-27(10-12-28)31-13-14-32(34-20-47(19-33(31)34)15-7-8-16-47)38(55)24-65-44(59)36-18-30(49)22-53(36)42(57)40(26(3)4)51-46(61)63-6/h9-14,25-26,29-30,35-36,39-40H,7-8,15-24H2,1-6H3,(H,50,60)(H,51,61)/t29-,30-,35+,36?,39+,40+/m1/s1. The molecule has 1 spiro atoms. The van der Waals surface area contributed by atoms with Crippen LogP contribution in [0, 0.1) is 17.3 Å². The number of nitrogens with one attached hydrogen (secondary N) is 2. The average Bonchev–Trinajstić information content (AvgIpc) is 4.10. The number of amides is 4. The van der Waals surface area contributed by atoms with Gasteiger partial charge in [0.25, 0.3) is 0 Å². The van der Waals surface area contributed by atoms with Gasteiger partial charge >= 0.3 is 24.1 Å². The van der Waals surface area contributed by atoms with Crippen LogP contribution in [0.3, 0.4) is 0 Å². The van der Waals surface area contributed by atoms with Crippen LogP contribution in [-0.4, -0.2) is 134 Å². The summed E-state index contributed by atoms with van der Waals surface area (Å²) in [5, 5.41) is 4.88. The first kappa shape index (κ1) is 48.5. The highest BCUT2D eigenvalue weighted by atomic mass is 19.1. The SMILES string of the molecule is COC(=O)N[C@H](C(=O)N1C[C@H](F)CC1C(=O)OCC(=O)c1ccc(-c2ccc(C(=O)COC(=O)[C@@H]3C[C@@H](F)CN3C(=O)[C@@H](NC(=O)OC)C(C)C)cc2)c2c1CC1(CCCC1)C2)C(C)C. The van der Waals surface area contributed by atoms with Crippen molar-refractivity contribution in [2.24, 2.45) is 17.3 Å². The Morgan fingerprint density at radius 1 is 0.662 bits per heavy atom. The number of alkyl halides is 2. The van der Waals surface area contributed by atoms with Crippen LogP contribution in [0.4, 0.5) is 18.4 Å². The van der Waals surface area contributed by atoms with Crippen molar-refractivity contribution in [1.82, 2.24) is 20.4 Å². The number of carbonyl (C=O) groups excluding carboxylic acids is 8. The molecule has 18 heteroatoms. The Kier molecular flexibility index (Phi) is 15.3. The maximum atomic E-state index is 14.7. The first-order valence-electron chi connectivity index (χ1n) is 22.1. The van der Waals surface area contributed by atoms with E-state index in [2.05, 4.69) is 20.1 Å². The third kappa shape index (κ3) is 10.8. The Morgan fingerprint density at radius 3 is 1.58 bits per heavy atom. The molecule has 2 saturated heterocycles. The van der Waals surface area contributed by atoms with E-state index in [0.29, 0.717) is 12.0 Å². The number of ether oxygens (including phenoxy) is 4. The number of esters is 2. The van der Waals surface area contributed by atoms with Gasteiger partial charge in [-0.2, -0.15) is 0 Å². The van der Waals surface area contributed by atoms with Crippen LogP contribution >= 0.6 is 0 Å². The minimum Gasteiger partial charge on any atom is -0.456 e. The number of nitrogens with zero attached hydrogens (tertiary/aromatic N) is 2. The average molecular weight is 909 g/mol. The smallest absolute Gasteiger partial charge is 0.407 e. The van der Waals surface area contributed by atoms with Crippen LogP contribution < -0.4 is 10.6 Å². The zero-order valence-corrected chi connectivity index (χ0v) is 37.6. The van der Waals surface area contributed by atoms with Crippen molar-refractivity contribution in [2.45, 2.75) is 116 Å². The molecular formula is C47H58F2N4O12. The quantitative estimate of drug-likeness (QED) is 0.136. The molecule has 65 heavy (non-hydrogen) atoms. The minimum atomic E-state index is -1.51. The molecule has 0 aromatic heterocycles. The number of carbonyl (C=O) groups is 8. The molecule has 1 unspecified atom stereocenters. The second kappa shape index (κ2) is 20.5. The summed E-state index contributed by atoms with van der Waals surface area (Å²) < 4.78 is 49.4. The molecule has 4 amide bonds. The molecule has 16 nitrogen and oxygen atoms in total. The Hall–Kier alpha value is -5.94. The lowest BCUT2D eigenvalue weighted by molar-refractivity contribution is -0.153. The molecule has 6 rings (SSSR count). The van der Waals surface area contributed by atoms with E-state index in [1.165, 1.54) is 0 Å². The van der Waals surface area contributed by atoms with E-state index >= 15 is 0 Å². The molecule has 2 heterocycles. The molecular weight excluding hydrogens is 851 g/mol. The van der Waals surface area contributed by atoms with E-state index in [9.17, 15) is 47.1 Å². The Morgan fingerprint density at radius 2 is 1.12 bits per heavy atom. The second-order valence-corrected chi connectivity index (χ2v) is 18.2. The van der Waals surface area contributed by atoms with Gasteiger partial charge in [-0.25, -0.2) is 28.0 Å². The number of benzene rings is 2. The van der Waals surface area contributed by atoms with Crippen molar-refractivity contribution >= 4 is 47.5 Å². The number of likely N-dealkylation sites (tertiary alicyclic amines) is 2. The Bertz CT molecular complexity index is 2180. The van der Waals surface area contributed by atoms with Crippen molar-refractivity contribution in [3.8, 4) is 11.1 Å². The molecule has 0 radical (unpaired) electrons. The van der Waals surface area contributed by atoms with Gasteiger partial charge in [0.15, 0.2) is 19.0 Å². The molecule has 6 atom stereocenters. The molecule has 0 bridgehead atoms. The number of hydrogen-bond acceptors (Lipinski definition) is 12. The lowest BCUT2D eigenvalue weighted by Crippen LogP contribution is -2.54. The van der Waals surface area contributed by atoms with E-state index in [1.54, 1.807) is 58.0 Å². The summed E-state index contributed by atoms with van der Waals surface area (Å²) in [7, 11) is 2.29. The number of ketones is 2. The highest BCUT2D eigenvalue weighted by Crippen LogP contribution is 2.51. The summed E-state index contributed by atoms with van der Waals surface area (Å²) >= 11 is 0. The molecule has 1 saturated carbocycles. The summed E-state index contributed by atoms with van der Waals surface area (Å²) in [5.74, 6) is -5.00. The van der Waals surface area contributed by atoms with Gasteiger partial charge in [0.05, 0.1) is 27.3 Å². The number of methoxy groups -OCH3 is 2. The lowest BCUT2D eigenvalue weighted by Gasteiger charge is -2.29. The van der Waals surface area contributed by atoms with Crippen LogP contribution in [0.5, 0.6) is 0 Å². The van der Waals surface area contributed by atoms with E-state index < -0.39 is 109 Å². The van der Waals surface area contributed by atoms with Gasteiger partial charge < -0.3 is 39.4 Å². The first-order chi connectivity index (χ1) is 30.9. The number of fused-ring (bicyclic) bond motifs is 1. The van der Waals surface area contributed by atoms with Gasteiger partial charge in [-0.15, -0.1) is 0 Å². The number of hydrogen-bond donors (Lipinski definition) is 2. The van der Waals surface area contributed by atoms with E-state index in [-0.39, 0.29) is 36.9 Å². The van der Waals surface area contributed by atoms with Crippen molar-refractivity contribution < 1.29 is 66.1 Å². The molecule has 2 aliphatic heterocycles. The van der Waals surface area contributed by atoms with Crippen molar-refractivity contribution in [1.29, 1.82) is 0 Å². The lowest BCUT2D eigenvalue weighted by atomic mass is 9.82. The largest absolute Gasteiger partial charge is 0.456 e. The zero-order valence-electron chi connectivity index (χ0n) is 37.6. The third-order valence-corrected chi connectivity index (χ3v) is 13.1. The van der Waals surface area contributed by atoms with E-state index in [0.717, 1.165) is 78.4 Å². The number of halogens is 2. The third-order valence-electron chi connectivity index (χ3n) is 13.1. The fraction of sp³-hybridized carbons (Fsp3) is 0.574. The predicted molar refractivity (Wildman–Crippen MR) is 229 cm³/mol. The highest BCUT2D eigenvalue weighted by Gasteiger charge is 2.46. The summed E-state index contributed by atoms with van der Waals surface area (Å²) in [6.45, 7) is 4.70. The monoisotopic (exact) mass is 908 g/mol. The molecule has 2 N–H and O–H groups in total. The Labute approximate surface area is 376 Å². The van der Waals surface area contributed by atoms with Gasteiger partial charge in [0, 0.05) is 24.0 Å². The fourth-order valence-corrected chi connectivity index (χ4v) is 9.64. The van der Waals surface area contributed by atoms with Crippen LogP contribution in [0.1, 0.15) is 98.1 Å². The molecule has 2 aromatic rings. The summed E-state index contributed by atoms with van der Waals surface area (Å²) in [5.41, 5.74) is 4.08. The maximum absolute atomic E-state index is 14.7. The summed E-state index contributed by atoms with van der Waals surface area (Å²) in [6.07, 6.45) is 0.0798. The molecule has 4 aliphatic rings. The normalized spacial score (nSPS) is 21.8. The second-order valence-electron chi connectivity index (χ2n) is 18.2. The molecule has 2 aromatic carbocycles. The number of Topliss-reactive ketones (excluding diaryl/α,β-unsaturated/α-hetero) is 2. The van der Waals surface area contributed by atoms with Crippen molar-refractivity contribution in [3.05, 3.63) is 58.7 Å². The van der Waals surface area contributed by atoms with Gasteiger partial charge in [0.1, 0.15) is 36.5 Å². The van der Waals surface area contributed by atoms with E-state index in [4.69, 9.17) is 9.47 Å². The number of rotatable bonds is 15. The van der Waals surface area contributed by atoms with Gasteiger partial charge in [-0.05, 0) is 65.2 Å². The maximum Gasteiger partial charge on any atom is 0.407 e. The topological polar surface area (TPSA) is 204 Å². The molecule has 352 valence electrons. The summed E-state index contributed by atoms with van der Waals surface area (Å²) in [4.78, 5) is 106. The summed E-state index contributed by atoms with van der Waals surface area (Å²) in [6, 6.07) is 5.48. The molecule has 2 aliphatic carbocycles. The zero-order chi connectivity index (χ0) is 47.3. The van der Waals surface area contributed by atoms with Crippen LogP contribution in [0.15, 0.2) is 36.4 Å². The number of alkyl carbamates (subject to hydrolysis) is 2. The van der Waals surface area contributed by atoms with Crippen LogP contribution in [0.2, 0.25) is 0 Å².